The lowest BCUT2D eigenvalue weighted by molar-refractivity contribution is -0.131. The summed E-state index contributed by atoms with van der Waals surface area (Å²) in [6.07, 6.45) is 2.97. The number of ether oxygens (including phenoxy) is 2. The maximum atomic E-state index is 12.6. The van der Waals surface area contributed by atoms with Crippen molar-refractivity contribution >= 4 is 5.91 Å². The van der Waals surface area contributed by atoms with Crippen LogP contribution in [-0.2, 0) is 11.2 Å². The van der Waals surface area contributed by atoms with Crippen LogP contribution in [0.2, 0.25) is 0 Å². The first-order valence-electron chi connectivity index (χ1n) is 8.18. The summed E-state index contributed by atoms with van der Waals surface area (Å²) in [7, 11) is 3.36. The highest BCUT2D eigenvalue weighted by atomic mass is 16.5. The van der Waals surface area contributed by atoms with Crippen LogP contribution in [0.1, 0.15) is 43.7 Å². The molecule has 2 aliphatic rings. The van der Waals surface area contributed by atoms with Crippen molar-refractivity contribution in [3.8, 4) is 11.5 Å². The van der Waals surface area contributed by atoms with Crippen molar-refractivity contribution in [2.75, 3.05) is 20.8 Å². The lowest BCUT2D eigenvalue weighted by Crippen LogP contribution is -2.37. The Labute approximate surface area is 132 Å². The molecular formula is C18H25NO3. The number of methoxy groups -OCH3 is 2. The van der Waals surface area contributed by atoms with Crippen LogP contribution in [0.25, 0.3) is 0 Å². The van der Waals surface area contributed by atoms with Gasteiger partial charge in [0.15, 0.2) is 11.5 Å². The molecule has 1 aromatic rings. The molecule has 1 aromatic carbocycles. The molecule has 22 heavy (non-hydrogen) atoms. The maximum absolute atomic E-state index is 12.6. The third-order valence-corrected chi connectivity index (χ3v) is 5.22. The Hall–Kier alpha value is -1.71. The monoisotopic (exact) mass is 303 g/mol. The predicted molar refractivity (Wildman–Crippen MR) is 85.6 cm³/mol. The van der Waals surface area contributed by atoms with Crippen LogP contribution in [0.15, 0.2) is 12.1 Å². The van der Waals surface area contributed by atoms with Crippen molar-refractivity contribution < 1.29 is 14.3 Å². The lowest BCUT2D eigenvalue weighted by Gasteiger charge is -2.34. The first-order valence-corrected chi connectivity index (χ1v) is 8.18. The molecule has 1 aliphatic carbocycles. The topological polar surface area (TPSA) is 38.8 Å². The van der Waals surface area contributed by atoms with Crippen molar-refractivity contribution in [1.82, 2.24) is 4.90 Å². The Morgan fingerprint density at radius 2 is 2.05 bits per heavy atom. The smallest absolute Gasteiger partial charge is 0.226 e. The average Bonchev–Trinajstić information content (AvgIpc) is 2.79. The van der Waals surface area contributed by atoms with Crippen molar-refractivity contribution in [1.29, 1.82) is 0 Å². The molecular weight excluding hydrogens is 278 g/mol. The zero-order chi connectivity index (χ0) is 15.9. The number of likely N-dealkylation sites (tertiary alicyclic amines) is 1. The minimum absolute atomic E-state index is 0.0497. The Morgan fingerprint density at radius 1 is 1.27 bits per heavy atom. The minimum Gasteiger partial charge on any atom is -0.493 e. The number of hydrogen-bond donors (Lipinski definition) is 0. The third-order valence-electron chi connectivity index (χ3n) is 5.22. The molecule has 0 N–H and O–H groups in total. The van der Waals surface area contributed by atoms with Gasteiger partial charge in [-0.15, -0.1) is 0 Å². The van der Waals surface area contributed by atoms with Crippen LogP contribution >= 0.6 is 0 Å². The van der Waals surface area contributed by atoms with Crippen LogP contribution in [0.3, 0.4) is 0 Å². The number of benzene rings is 1. The number of carbonyl (C=O) groups is 1. The number of rotatable bonds is 4. The summed E-state index contributed by atoms with van der Waals surface area (Å²) in [4.78, 5) is 14.7. The summed E-state index contributed by atoms with van der Waals surface area (Å²) in [6.45, 7) is 5.07. The van der Waals surface area contributed by atoms with Crippen LogP contribution in [0.4, 0.5) is 0 Å². The van der Waals surface area contributed by atoms with E-state index in [9.17, 15) is 4.79 Å². The third kappa shape index (κ3) is 2.08. The number of fused-ring (bicyclic) bond motifs is 3. The van der Waals surface area contributed by atoms with Gasteiger partial charge in [0.25, 0.3) is 0 Å². The van der Waals surface area contributed by atoms with Crippen molar-refractivity contribution in [2.45, 2.75) is 45.1 Å². The molecule has 0 saturated carbocycles. The fourth-order valence-corrected chi connectivity index (χ4v) is 4.30. The Morgan fingerprint density at radius 3 is 2.68 bits per heavy atom. The normalized spacial score (nSPS) is 26.6. The predicted octanol–water partition coefficient (Wildman–Crippen LogP) is 2.99. The second-order valence-electron chi connectivity index (χ2n) is 6.32. The van der Waals surface area contributed by atoms with Crippen LogP contribution in [-0.4, -0.2) is 37.6 Å². The van der Waals surface area contributed by atoms with Crippen molar-refractivity contribution in [3.63, 3.8) is 0 Å². The lowest BCUT2D eigenvalue weighted by atomic mass is 9.75. The first-order chi connectivity index (χ1) is 10.6. The molecule has 3 rings (SSSR count). The van der Waals surface area contributed by atoms with E-state index in [1.165, 1.54) is 11.1 Å². The summed E-state index contributed by atoms with van der Waals surface area (Å²) in [6, 6.07) is 4.44. The fraction of sp³-hybridized carbons (Fsp3) is 0.611. The molecule has 4 heteroatoms. The van der Waals surface area contributed by atoms with Gasteiger partial charge in [-0.05, 0) is 30.9 Å². The molecule has 0 unspecified atom stereocenters. The molecule has 4 nitrogen and oxygen atoms in total. The quantitative estimate of drug-likeness (QED) is 0.858. The minimum atomic E-state index is 0.0497. The highest BCUT2D eigenvalue weighted by Gasteiger charge is 2.48. The van der Waals surface area contributed by atoms with Crippen molar-refractivity contribution in [2.24, 2.45) is 5.92 Å². The highest BCUT2D eigenvalue weighted by Crippen LogP contribution is 2.49. The van der Waals surface area contributed by atoms with Gasteiger partial charge in [0.1, 0.15) is 0 Å². The molecule has 0 radical (unpaired) electrons. The van der Waals surface area contributed by atoms with E-state index in [0.29, 0.717) is 11.9 Å². The largest absolute Gasteiger partial charge is 0.493 e. The summed E-state index contributed by atoms with van der Waals surface area (Å²) in [5.41, 5.74) is 2.49. The van der Waals surface area contributed by atoms with E-state index in [2.05, 4.69) is 24.8 Å². The van der Waals surface area contributed by atoms with Gasteiger partial charge in [-0.2, -0.15) is 0 Å². The number of nitrogens with zero attached hydrogens (tertiary/aromatic N) is 1. The van der Waals surface area contributed by atoms with Crippen LogP contribution in [0, 0.1) is 5.92 Å². The maximum Gasteiger partial charge on any atom is 0.226 e. The van der Waals surface area contributed by atoms with E-state index in [4.69, 9.17) is 9.47 Å². The Kier molecular flexibility index (Phi) is 4.02. The molecule has 1 amide bonds. The van der Waals surface area contributed by atoms with E-state index in [1.807, 2.05) is 6.07 Å². The number of amides is 1. The van der Waals surface area contributed by atoms with E-state index < -0.39 is 0 Å². The second kappa shape index (κ2) is 5.82. The van der Waals surface area contributed by atoms with Crippen LogP contribution in [0.5, 0.6) is 11.5 Å². The summed E-state index contributed by atoms with van der Waals surface area (Å²) in [5.74, 6) is 2.25. The molecule has 0 aromatic heterocycles. The van der Waals surface area contributed by atoms with Gasteiger partial charge < -0.3 is 14.4 Å². The summed E-state index contributed by atoms with van der Waals surface area (Å²) in [5, 5.41) is 0. The number of carbonyl (C=O) groups excluding carboxylic acids is 1. The Balaban J connectivity index is 2.05. The standard InChI is InChI=1S/C18H25NO3/c1-5-10-19-14-8-6-13-12(16(14)11(2)18(19)20)7-9-15(21-3)17(13)22-4/h7,9,11,14,16H,5-6,8,10H2,1-4H3/t11-,14+,16-/m0/s1. The molecule has 1 heterocycles. The van der Waals surface area contributed by atoms with Gasteiger partial charge >= 0.3 is 0 Å². The number of hydrogen-bond acceptors (Lipinski definition) is 3. The van der Waals surface area contributed by atoms with E-state index in [1.54, 1.807) is 14.2 Å². The van der Waals surface area contributed by atoms with Gasteiger partial charge in [-0.3, -0.25) is 4.79 Å². The zero-order valence-electron chi connectivity index (χ0n) is 13.9. The molecule has 1 fully saturated rings. The van der Waals surface area contributed by atoms with Crippen molar-refractivity contribution in [3.05, 3.63) is 23.3 Å². The van der Waals surface area contributed by atoms with Gasteiger partial charge in [-0.1, -0.05) is 19.9 Å². The van der Waals surface area contributed by atoms with E-state index in [0.717, 1.165) is 37.3 Å². The first kappa shape index (κ1) is 15.2. The summed E-state index contributed by atoms with van der Waals surface area (Å²) >= 11 is 0. The SMILES string of the molecule is CCCN1C(=O)[C@@H](C)[C@H]2c3ccc(OC)c(OC)c3CC[C@H]21. The van der Waals surface area contributed by atoms with Crippen LogP contribution < -0.4 is 9.47 Å². The van der Waals surface area contributed by atoms with Gasteiger partial charge in [0.2, 0.25) is 5.91 Å². The Bertz CT molecular complexity index is 584. The molecule has 1 aliphatic heterocycles. The summed E-state index contributed by atoms with van der Waals surface area (Å²) < 4.78 is 11.0. The van der Waals surface area contributed by atoms with Gasteiger partial charge in [0, 0.05) is 30.0 Å². The van der Waals surface area contributed by atoms with E-state index >= 15 is 0 Å². The molecule has 120 valence electrons. The van der Waals surface area contributed by atoms with Gasteiger partial charge in [0.05, 0.1) is 14.2 Å². The van der Waals surface area contributed by atoms with E-state index in [-0.39, 0.29) is 11.8 Å². The molecule has 3 atom stereocenters. The molecule has 0 bridgehead atoms. The molecule has 1 saturated heterocycles. The fourth-order valence-electron chi connectivity index (χ4n) is 4.30. The highest BCUT2D eigenvalue weighted by molar-refractivity contribution is 5.83. The molecule has 0 spiro atoms. The zero-order valence-corrected chi connectivity index (χ0v) is 13.9. The second-order valence-corrected chi connectivity index (χ2v) is 6.32. The van der Waals surface area contributed by atoms with Gasteiger partial charge in [-0.25, -0.2) is 0 Å². The average molecular weight is 303 g/mol.